The average Bonchev–Trinajstić information content (AvgIpc) is 1.87. The predicted molar refractivity (Wildman–Crippen MR) is 42.1 cm³/mol. The lowest BCUT2D eigenvalue weighted by Gasteiger charge is -2.20. The lowest BCUT2D eigenvalue weighted by molar-refractivity contribution is -0.153. The van der Waals surface area contributed by atoms with Gasteiger partial charge in [-0.25, -0.2) is 4.79 Å². The van der Waals surface area contributed by atoms with Crippen molar-refractivity contribution < 1.29 is 14.6 Å². The molecule has 0 saturated heterocycles. The van der Waals surface area contributed by atoms with Crippen LogP contribution in [0.4, 0.5) is 0 Å². The van der Waals surface area contributed by atoms with Crippen LogP contribution in [0.15, 0.2) is 12.2 Å². The molecule has 0 atom stereocenters. The van der Waals surface area contributed by atoms with Crippen molar-refractivity contribution in [2.75, 3.05) is 6.61 Å². The summed E-state index contributed by atoms with van der Waals surface area (Å²) in [5.74, 6) is -0.424. The van der Waals surface area contributed by atoms with E-state index in [2.05, 4.69) is 0 Å². The Balaban J connectivity index is 3.93. The third-order valence-electron chi connectivity index (χ3n) is 1.06. The SMILES string of the molecule is C/C=C\C(=O)OC(C)(C)CO. The van der Waals surface area contributed by atoms with Crippen LogP contribution in [0.25, 0.3) is 0 Å². The summed E-state index contributed by atoms with van der Waals surface area (Å²) >= 11 is 0. The van der Waals surface area contributed by atoms with Crippen LogP contribution >= 0.6 is 0 Å². The van der Waals surface area contributed by atoms with Crippen LogP contribution < -0.4 is 0 Å². The van der Waals surface area contributed by atoms with E-state index in [-0.39, 0.29) is 6.61 Å². The van der Waals surface area contributed by atoms with Gasteiger partial charge in [0.15, 0.2) is 0 Å². The van der Waals surface area contributed by atoms with Gasteiger partial charge in [0, 0.05) is 6.08 Å². The predicted octanol–water partition coefficient (Wildman–Crippen LogP) is 0.877. The quantitative estimate of drug-likeness (QED) is 0.490. The molecule has 0 amide bonds. The molecule has 0 spiro atoms. The zero-order valence-electron chi connectivity index (χ0n) is 7.13. The van der Waals surface area contributed by atoms with Gasteiger partial charge < -0.3 is 9.84 Å². The Kier molecular flexibility index (Phi) is 3.82. The highest BCUT2D eigenvalue weighted by Crippen LogP contribution is 2.07. The lowest BCUT2D eigenvalue weighted by atomic mass is 10.1. The second-order valence-corrected chi connectivity index (χ2v) is 2.84. The normalized spacial score (nSPS) is 12.0. The van der Waals surface area contributed by atoms with Crippen molar-refractivity contribution in [3.05, 3.63) is 12.2 Å². The summed E-state index contributed by atoms with van der Waals surface area (Å²) in [5.41, 5.74) is -0.781. The van der Waals surface area contributed by atoms with Gasteiger partial charge in [-0.3, -0.25) is 0 Å². The van der Waals surface area contributed by atoms with Crippen LogP contribution in [0.3, 0.4) is 0 Å². The minimum absolute atomic E-state index is 0.170. The first-order chi connectivity index (χ1) is 5.02. The van der Waals surface area contributed by atoms with Gasteiger partial charge in [-0.2, -0.15) is 0 Å². The number of aliphatic hydroxyl groups is 1. The topological polar surface area (TPSA) is 46.5 Å². The monoisotopic (exact) mass is 158 g/mol. The van der Waals surface area contributed by atoms with E-state index in [0.717, 1.165) is 0 Å². The molecule has 0 saturated carbocycles. The van der Waals surface area contributed by atoms with Gasteiger partial charge in [-0.1, -0.05) is 6.08 Å². The third-order valence-corrected chi connectivity index (χ3v) is 1.06. The molecule has 0 fully saturated rings. The molecular weight excluding hydrogens is 144 g/mol. The molecule has 0 aromatic carbocycles. The lowest BCUT2D eigenvalue weighted by Crippen LogP contribution is -2.31. The zero-order chi connectivity index (χ0) is 8.91. The Morgan fingerprint density at radius 3 is 2.55 bits per heavy atom. The fraction of sp³-hybridized carbons (Fsp3) is 0.625. The number of hydrogen-bond donors (Lipinski definition) is 1. The van der Waals surface area contributed by atoms with E-state index in [9.17, 15) is 4.79 Å². The highest BCUT2D eigenvalue weighted by atomic mass is 16.6. The summed E-state index contributed by atoms with van der Waals surface area (Å²) in [6, 6.07) is 0. The Hall–Kier alpha value is -0.830. The summed E-state index contributed by atoms with van der Waals surface area (Å²) in [6.45, 7) is 4.85. The molecule has 0 aliphatic rings. The molecule has 0 unspecified atom stereocenters. The Morgan fingerprint density at radius 2 is 2.18 bits per heavy atom. The van der Waals surface area contributed by atoms with Crippen molar-refractivity contribution in [2.24, 2.45) is 0 Å². The molecule has 0 rings (SSSR count). The number of allylic oxidation sites excluding steroid dienone is 1. The first-order valence-corrected chi connectivity index (χ1v) is 3.48. The average molecular weight is 158 g/mol. The molecule has 11 heavy (non-hydrogen) atoms. The minimum Gasteiger partial charge on any atom is -0.454 e. The first-order valence-electron chi connectivity index (χ1n) is 3.48. The molecule has 0 aromatic rings. The molecule has 64 valence electrons. The van der Waals surface area contributed by atoms with E-state index in [1.165, 1.54) is 6.08 Å². The molecule has 0 radical (unpaired) electrons. The maximum atomic E-state index is 10.8. The van der Waals surface area contributed by atoms with E-state index in [0.29, 0.717) is 0 Å². The van der Waals surface area contributed by atoms with Gasteiger partial charge in [0.1, 0.15) is 5.60 Å². The largest absolute Gasteiger partial charge is 0.454 e. The van der Waals surface area contributed by atoms with Crippen LogP contribution in [0.5, 0.6) is 0 Å². The van der Waals surface area contributed by atoms with Gasteiger partial charge in [-0.15, -0.1) is 0 Å². The Bertz CT molecular complexity index is 159. The number of hydrogen-bond acceptors (Lipinski definition) is 3. The molecule has 0 aliphatic heterocycles. The van der Waals surface area contributed by atoms with Gasteiger partial charge >= 0.3 is 5.97 Å². The maximum Gasteiger partial charge on any atom is 0.331 e. The van der Waals surface area contributed by atoms with Crippen LogP contribution in [0.2, 0.25) is 0 Å². The minimum atomic E-state index is -0.781. The fourth-order valence-electron chi connectivity index (χ4n) is 0.475. The van der Waals surface area contributed by atoms with E-state index in [1.54, 1.807) is 26.8 Å². The molecule has 0 heterocycles. The summed E-state index contributed by atoms with van der Waals surface area (Å²) in [7, 11) is 0. The number of carbonyl (C=O) groups excluding carboxylic acids is 1. The van der Waals surface area contributed by atoms with E-state index >= 15 is 0 Å². The van der Waals surface area contributed by atoms with Crippen molar-refractivity contribution in [1.82, 2.24) is 0 Å². The van der Waals surface area contributed by atoms with Crippen LogP contribution in [0.1, 0.15) is 20.8 Å². The molecule has 3 nitrogen and oxygen atoms in total. The number of esters is 1. The summed E-state index contributed by atoms with van der Waals surface area (Å²) in [4.78, 5) is 10.8. The van der Waals surface area contributed by atoms with Crippen LogP contribution in [0, 0.1) is 0 Å². The molecule has 0 bridgehead atoms. The van der Waals surface area contributed by atoms with Crippen molar-refractivity contribution in [3.63, 3.8) is 0 Å². The van der Waals surface area contributed by atoms with Crippen LogP contribution in [-0.4, -0.2) is 23.3 Å². The second-order valence-electron chi connectivity index (χ2n) is 2.84. The summed E-state index contributed by atoms with van der Waals surface area (Å²) in [6.07, 6.45) is 2.91. The molecule has 3 heteroatoms. The summed E-state index contributed by atoms with van der Waals surface area (Å²) < 4.78 is 4.85. The number of ether oxygens (including phenoxy) is 1. The van der Waals surface area contributed by atoms with E-state index in [4.69, 9.17) is 9.84 Å². The van der Waals surface area contributed by atoms with Crippen molar-refractivity contribution >= 4 is 5.97 Å². The Morgan fingerprint density at radius 1 is 1.64 bits per heavy atom. The molecule has 1 N–H and O–H groups in total. The number of aliphatic hydroxyl groups excluding tert-OH is 1. The molecule has 0 aromatic heterocycles. The zero-order valence-corrected chi connectivity index (χ0v) is 7.13. The van der Waals surface area contributed by atoms with Gasteiger partial charge in [0.2, 0.25) is 0 Å². The smallest absolute Gasteiger partial charge is 0.331 e. The van der Waals surface area contributed by atoms with Gasteiger partial charge in [-0.05, 0) is 20.8 Å². The van der Waals surface area contributed by atoms with Crippen molar-refractivity contribution in [3.8, 4) is 0 Å². The van der Waals surface area contributed by atoms with Gasteiger partial charge in [0.05, 0.1) is 6.61 Å². The first kappa shape index (κ1) is 10.2. The summed E-state index contributed by atoms with van der Waals surface area (Å²) in [5, 5.41) is 8.71. The maximum absolute atomic E-state index is 10.8. The highest BCUT2D eigenvalue weighted by molar-refractivity contribution is 5.82. The van der Waals surface area contributed by atoms with E-state index < -0.39 is 11.6 Å². The van der Waals surface area contributed by atoms with Crippen molar-refractivity contribution in [2.45, 2.75) is 26.4 Å². The fourth-order valence-corrected chi connectivity index (χ4v) is 0.475. The van der Waals surface area contributed by atoms with E-state index in [1.807, 2.05) is 0 Å². The Labute approximate surface area is 66.7 Å². The number of rotatable bonds is 3. The molecule has 0 aliphatic carbocycles. The number of carbonyl (C=O) groups is 1. The second kappa shape index (κ2) is 4.13. The standard InChI is InChI=1S/C8H14O3/c1-4-5-7(10)11-8(2,3)6-9/h4-5,9H,6H2,1-3H3/b5-4-. The third kappa shape index (κ3) is 4.56. The molecular formula is C8H14O3. The highest BCUT2D eigenvalue weighted by Gasteiger charge is 2.19. The van der Waals surface area contributed by atoms with Crippen LogP contribution in [-0.2, 0) is 9.53 Å². The van der Waals surface area contributed by atoms with Crippen molar-refractivity contribution in [1.29, 1.82) is 0 Å². The van der Waals surface area contributed by atoms with Gasteiger partial charge in [0.25, 0.3) is 0 Å².